The summed E-state index contributed by atoms with van der Waals surface area (Å²) in [5, 5.41) is 0. The molecule has 2 N–H and O–H groups in total. The van der Waals surface area contributed by atoms with Crippen molar-refractivity contribution in [3.8, 4) is 5.75 Å². The van der Waals surface area contributed by atoms with Crippen molar-refractivity contribution in [1.29, 1.82) is 0 Å². The molecule has 98 valence electrons. The van der Waals surface area contributed by atoms with E-state index in [2.05, 4.69) is 15.9 Å². The Kier molecular flexibility index (Phi) is 3.90. The lowest BCUT2D eigenvalue weighted by Crippen LogP contribution is -2.07. The molecular weight excluding hydrogens is 306 g/mol. The van der Waals surface area contributed by atoms with Crippen molar-refractivity contribution in [3.63, 3.8) is 0 Å². The largest absolute Gasteiger partial charge is 0.496 e. The van der Waals surface area contributed by atoms with Gasteiger partial charge in [-0.3, -0.25) is 4.79 Å². The zero-order chi connectivity index (χ0) is 14.0. The van der Waals surface area contributed by atoms with Gasteiger partial charge in [-0.1, -0.05) is 27.6 Å². The Balaban J connectivity index is 2.52. The van der Waals surface area contributed by atoms with Crippen molar-refractivity contribution in [3.05, 3.63) is 57.6 Å². The first kappa shape index (κ1) is 13.6. The lowest BCUT2D eigenvalue weighted by molar-refractivity contribution is 0.103. The number of carbonyl (C=O) groups excluding carboxylic acids is 1. The van der Waals surface area contributed by atoms with Crippen LogP contribution in [0.25, 0.3) is 0 Å². The van der Waals surface area contributed by atoms with Gasteiger partial charge in [0, 0.05) is 15.7 Å². The predicted octanol–water partition coefficient (Wildman–Crippen LogP) is 3.58. The number of hydrogen-bond acceptors (Lipinski definition) is 3. The summed E-state index contributed by atoms with van der Waals surface area (Å²) in [6, 6.07) is 10.7. The molecule has 0 saturated carbocycles. The van der Waals surface area contributed by atoms with Gasteiger partial charge in [0.1, 0.15) is 5.75 Å². The number of hydrogen-bond donors (Lipinski definition) is 1. The summed E-state index contributed by atoms with van der Waals surface area (Å²) in [5.74, 6) is 0.420. The molecule has 0 radical (unpaired) electrons. The average Bonchev–Trinajstić information content (AvgIpc) is 2.38. The lowest BCUT2D eigenvalue weighted by atomic mass is 9.99. The van der Waals surface area contributed by atoms with Crippen LogP contribution in [0, 0.1) is 6.92 Å². The molecule has 0 bridgehead atoms. The lowest BCUT2D eigenvalue weighted by Gasteiger charge is -2.10. The van der Waals surface area contributed by atoms with Crippen molar-refractivity contribution in [2.24, 2.45) is 0 Å². The molecular formula is C15H14BrNO2. The fourth-order valence-electron chi connectivity index (χ4n) is 1.88. The number of carbonyl (C=O) groups is 1. The smallest absolute Gasteiger partial charge is 0.198 e. The molecule has 2 aromatic carbocycles. The van der Waals surface area contributed by atoms with Crippen LogP contribution >= 0.6 is 15.9 Å². The fourth-order valence-corrected chi connectivity index (χ4v) is 2.26. The Labute approximate surface area is 120 Å². The molecule has 0 fully saturated rings. The number of methoxy groups -OCH3 is 1. The molecule has 19 heavy (non-hydrogen) atoms. The number of nitrogen functional groups attached to an aromatic ring is 1. The van der Waals surface area contributed by atoms with Crippen LogP contribution in [0.15, 0.2) is 40.9 Å². The minimum Gasteiger partial charge on any atom is -0.496 e. The second-order valence-electron chi connectivity index (χ2n) is 4.26. The third-order valence-corrected chi connectivity index (χ3v) is 3.35. The third-order valence-electron chi connectivity index (χ3n) is 2.86. The number of rotatable bonds is 3. The van der Waals surface area contributed by atoms with E-state index in [4.69, 9.17) is 10.5 Å². The van der Waals surface area contributed by atoms with E-state index in [0.717, 1.165) is 10.0 Å². The van der Waals surface area contributed by atoms with Crippen LogP contribution in [-0.2, 0) is 0 Å². The third kappa shape index (κ3) is 2.79. The summed E-state index contributed by atoms with van der Waals surface area (Å²) in [6.07, 6.45) is 0. The van der Waals surface area contributed by atoms with Gasteiger partial charge < -0.3 is 10.5 Å². The SMILES string of the molecule is COc1ccc(C)cc1C(=O)c1ccc(Br)cc1N. The van der Waals surface area contributed by atoms with E-state index in [0.29, 0.717) is 22.6 Å². The van der Waals surface area contributed by atoms with Gasteiger partial charge in [0.25, 0.3) is 0 Å². The summed E-state index contributed by atoms with van der Waals surface area (Å²) in [6.45, 7) is 1.93. The average molecular weight is 320 g/mol. The van der Waals surface area contributed by atoms with Crippen molar-refractivity contribution >= 4 is 27.4 Å². The second kappa shape index (κ2) is 5.45. The topological polar surface area (TPSA) is 52.3 Å². The zero-order valence-corrected chi connectivity index (χ0v) is 12.3. The van der Waals surface area contributed by atoms with E-state index in [1.54, 1.807) is 31.4 Å². The molecule has 0 aliphatic rings. The first-order valence-electron chi connectivity index (χ1n) is 5.77. The number of anilines is 1. The van der Waals surface area contributed by atoms with E-state index in [1.807, 2.05) is 19.1 Å². The highest BCUT2D eigenvalue weighted by molar-refractivity contribution is 9.10. The van der Waals surface area contributed by atoms with Gasteiger partial charge in [0.15, 0.2) is 5.78 Å². The molecule has 0 aromatic heterocycles. The molecule has 3 nitrogen and oxygen atoms in total. The monoisotopic (exact) mass is 319 g/mol. The summed E-state index contributed by atoms with van der Waals surface area (Å²) in [7, 11) is 1.55. The van der Waals surface area contributed by atoms with Crippen molar-refractivity contribution in [2.75, 3.05) is 12.8 Å². The van der Waals surface area contributed by atoms with E-state index >= 15 is 0 Å². The molecule has 0 atom stereocenters. The quantitative estimate of drug-likeness (QED) is 0.695. The number of halogens is 1. The highest BCUT2D eigenvalue weighted by Crippen LogP contribution is 2.26. The number of benzene rings is 2. The normalized spacial score (nSPS) is 10.3. The first-order valence-corrected chi connectivity index (χ1v) is 6.56. The van der Waals surface area contributed by atoms with E-state index in [1.165, 1.54) is 0 Å². The van der Waals surface area contributed by atoms with Gasteiger partial charge in [0.2, 0.25) is 0 Å². The van der Waals surface area contributed by atoms with Crippen LogP contribution in [0.3, 0.4) is 0 Å². The summed E-state index contributed by atoms with van der Waals surface area (Å²) in [5.41, 5.74) is 8.35. The van der Waals surface area contributed by atoms with Crippen LogP contribution in [-0.4, -0.2) is 12.9 Å². The zero-order valence-electron chi connectivity index (χ0n) is 10.7. The van der Waals surface area contributed by atoms with Crippen LogP contribution in [0.5, 0.6) is 5.75 Å². The molecule has 0 unspecified atom stereocenters. The van der Waals surface area contributed by atoms with Crippen molar-refractivity contribution in [2.45, 2.75) is 6.92 Å². The molecule has 0 aliphatic heterocycles. The molecule has 0 spiro atoms. The second-order valence-corrected chi connectivity index (χ2v) is 5.18. The number of ketones is 1. The van der Waals surface area contributed by atoms with Crippen LogP contribution < -0.4 is 10.5 Å². The molecule has 2 aromatic rings. The maximum Gasteiger partial charge on any atom is 0.198 e. The predicted molar refractivity (Wildman–Crippen MR) is 79.7 cm³/mol. The van der Waals surface area contributed by atoms with Gasteiger partial charge >= 0.3 is 0 Å². The Bertz CT molecular complexity index is 638. The molecule has 0 heterocycles. The van der Waals surface area contributed by atoms with Gasteiger partial charge in [-0.2, -0.15) is 0 Å². The minimum atomic E-state index is -0.134. The standard InChI is InChI=1S/C15H14BrNO2/c1-9-3-6-14(19-2)12(7-9)15(18)11-5-4-10(16)8-13(11)17/h3-8H,17H2,1-2H3. The van der Waals surface area contributed by atoms with Gasteiger partial charge in [-0.25, -0.2) is 0 Å². The Hall–Kier alpha value is -1.81. The highest BCUT2D eigenvalue weighted by atomic mass is 79.9. The molecule has 0 aliphatic carbocycles. The van der Waals surface area contributed by atoms with Crippen molar-refractivity contribution < 1.29 is 9.53 Å². The van der Waals surface area contributed by atoms with E-state index in [-0.39, 0.29) is 5.78 Å². The number of aryl methyl sites for hydroxylation is 1. The molecule has 0 saturated heterocycles. The highest BCUT2D eigenvalue weighted by Gasteiger charge is 2.17. The maximum absolute atomic E-state index is 12.5. The molecule has 0 amide bonds. The first-order chi connectivity index (χ1) is 9.02. The van der Waals surface area contributed by atoms with Crippen LogP contribution in [0.2, 0.25) is 0 Å². The van der Waals surface area contributed by atoms with Crippen LogP contribution in [0.4, 0.5) is 5.69 Å². The summed E-state index contributed by atoms with van der Waals surface area (Å²) < 4.78 is 6.08. The Morgan fingerprint density at radius 2 is 1.89 bits per heavy atom. The molecule has 4 heteroatoms. The van der Waals surface area contributed by atoms with Gasteiger partial charge in [0.05, 0.1) is 12.7 Å². The summed E-state index contributed by atoms with van der Waals surface area (Å²) >= 11 is 3.33. The van der Waals surface area contributed by atoms with Gasteiger partial charge in [-0.15, -0.1) is 0 Å². The Morgan fingerprint density at radius 3 is 2.53 bits per heavy atom. The number of nitrogens with two attached hydrogens (primary N) is 1. The van der Waals surface area contributed by atoms with E-state index in [9.17, 15) is 4.79 Å². The maximum atomic E-state index is 12.5. The van der Waals surface area contributed by atoms with Gasteiger partial charge in [-0.05, 0) is 37.3 Å². The van der Waals surface area contributed by atoms with Crippen LogP contribution in [0.1, 0.15) is 21.5 Å². The minimum absolute atomic E-state index is 0.134. The van der Waals surface area contributed by atoms with Crippen molar-refractivity contribution in [1.82, 2.24) is 0 Å². The van der Waals surface area contributed by atoms with E-state index < -0.39 is 0 Å². The Morgan fingerprint density at radius 1 is 1.16 bits per heavy atom. The fraction of sp³-hybridized carbons (Fsp3) is 0.133. The number of ether oxygens (including phenoxy) is 1. The molecule has 2 rings (SSSR count). The summed E-state index contributed by atoms with van der Waals surface area (Å²) in [4.78, 5) is 12.5.